The fourth-order valence-corrected chi connectivity index (χ4v) is 2.46. The number of carbonyl (C=O) groups is 2. The van der Waals surface area contributed by atoms with Crippen LogP contribution in [0.3, 0.4) is 0 Å². The molecule has 0 unspecified atom stereocenters. The molecule has 9 heteroatoms. The third kappa shape index (κ3) is 5.20. The van der Waals surface area contributed by atoms with Crippen LogP contribution in [0, 0.1) is 0 Å². The first-order valence-corrected chi connectivity index (χ1v) is 7.80. The van der Waals surface area contributed by atoms with E-state index in [-0.39, 0.29) is 24.0 Å². The number of halogens is 3. The third-order valence-electron chi connectivity index (χ3n) is 3.60. The fourth-order valence-electron chi connectivity index (χ4n) is 2.46. The Hall–Kier alpha value is -2.58. The molecule has 1 amide bonds. The number of para-hydroxylation sites is 2. The normalized spacial score (nSPS) is 11.6. The van der Waals surface area contributed by atoms with Crippen molar-refractivity contribution in [3.63, 3.8) is 0 Å². The van der Waals surface area contributed by atoms with Crippen molar-refractivity contribution in [2.75, 3.05) is 6.54 Å². The Morgan fingerprint density at radius 3 is 2.56 bits per heavy atom. The Morgan fingerprint density at radius 2 is 1.88 bits per heavy atom. The number of amides is 1. The molecular formula is C16H18F3N3O3. The third-order valence-corrected chi connectivity index (χ3v) is 3.60. The molecule has 25 heavy (non-hydrogen) atoms. The molecule has 1 aromatic heterocycles. The van der Waals surface area contributed by atoms with Gasteiger partial charge in [0.25, 0.3) is 0 Å². The largest absolute Gasteiger partial charge is 0.481 e. The minimum Gasteiger partial charge on any atom is -0.481 e. The minimum atomic E-state index is -4.66. The number of nitrogens with zero attached hydrogens (tertiary/aromatic N) is 2. The number of aliphatic carboxylic acids is 1. The quantitative estimate of drug-likeness (QED) is 0.712. The summed E-state index contributed by atoms with van der Waals surface area (Å²) in [6.07, 6.45) is -2.92. The predicted octanol–water partition coefficient (Wildman–Crippen LogP) is 2.82. The number of rotatable bonds is 8. The van der Waals surface area contributed by atoms with Gasteiger partial charge >= 0.3 is 12.1 Å². The Balaban J connectivity index is 1.97. The van der Waals surface area contributed by atoms with Gasteiger partial charge in [-0.05, 0) is 25.0 Å². The molecule has 136 valence electrons. The number of imidazole rings is 1. The molecule has 6 nitrogen and oxygen atoms in total. The van der Waals surface area contributed by atoms with E-state index < -0.39 is 30.4 Å². The molecular weight excluding hydrogens is 339 g/mol. The molecule has 0 aliphatic carbocycles. The number of carbonyl (C=O) groups excluding carboxylic acids is 1. The zero-order valence-electron chi connectivity index (χ0n) is 13.3. The number of hydrogen-bond acceptors (Lipinski definition) is 3. The lowest BCUT2D eigenvalue weighted by Gasteiger charge is -2.11. The number of unbranched alkanes of at least 4 members (excludes halogenated alkanes) is 2. The highest BCUT2D eigenvalue weighted by Crippen LogP contribution is 2.31. The summed E-state index contributed by atoms with van der Waals surface area (Å²) in [6.45, 7) is -0.198. The summed E-state index contributed by atoms with van der Waals surface area (Å²) in [6, 6.07) is 6.11. The zero-order valence-corrected chi connectivity index (χ0v) is 13.3. The number of alkyl halides is 3. The highest BCUT2D eigenvalue weighted by atomic mass is 19.4. The zero-order chi connectivity index (χ0) is 18.4. The molecule has 0 aliphatic rings. The molecule has 0 radical (unpaired) electrons. The maximum Gasteiger partial charge on any atom is 0.449 e. The van der Waals surface area contributed by atoms with Gasteiger partial charge in [0.1, 0.15) is 6.54 Å². The summed E-state index contributed by atoms with van der Waals surface area (Å²) < 4.78 is 40.2. The predicted molar refractivity (Wildman–Crippen MR) is 83.8 cm³/mol. The van der Waals surface area contributed by atoms with Gasteiger partial charge in [-0.15, -0.1) is 0 Å². The second kappa shape index (κ2) is 8.00. The first-order valence-electron chi connectivity index (χ1n) is 7.80. The van der Waals surface area contributed by atoms with Crippen molar-refractivity contribution in [3.05, 3.63) is 30.1 Å². The van der Waals surface area contributed by atoms with E-state index in [4.69, 9.17) is 5.11 Å². The van der Waals surface area contributed by atoms with Crippen LogP contribution >= 0.6 is 0 Å². The van der Waals surface area contributed by atoms with Gasteiger partial charge < -0.3 is 15.0 Å². The smallest absolute Gasteiger partial charge is 0.449 e. The van der Waals surface area contributed by atoms with Crippen LogP contribution < -0.4 is 5.32 Å². The van der Waals surface area contributed by atoms with Crippen molar-refractivity contribution in [2.45, 2.75) is 38.4 Å². The van der Waals surface area contributed by atoms with Gasteiger partial charge in [0.15, 0.2) is 0 Å². The first-order chi connectivity index (χ1) is 11.8. The van der Waals surface area contributed by atoms with Crippen molar-refractivity contribution in [2.24, 2.45) is 0 Å². The SMILES string of the molecule is O=C(O)CCCCCNC(=O)Cn1c(C(F)(F)F)nc2ccccc21. The number of benzene rings is 1. The highest BCUT2D eigenvalue weighted by molar-refractivity contribution is 5.81. The molecule has 0 bridgehead atoms. The monoisotopic (exact) mass is 357 g/mol. The first kappa shape index (κ1) is 18.8. The maximum absolute atomic E-state index is 13.1. The number of carboxylic acids is 1. The average Bonchev–Trinajstić information content (AvgIpc) is 2.89. The van der Waals surface area contributed by atoms with E-state index in [1.165, 1.54) is 12.1 Å². The van der Waals surface area contributed by atoms with Gasteiger partial charge in [-0.2, -0.15) is 13.2 Å². The second-order valence-corrected chi connectivity index (χ2v) is 5.56. The molecule has 1 aromatic carbocycles. The van der Waals surface area contributed by atoms with Crippen molar-refractivity contribution in [1.82, 2.24) is 14.9 Å². The Kier molecular flexibility index (Phi) is 6.00. The van der Waals surface area contributed by atoms with Crippen LogP contribution in [0.2, 0.25) is 0 Å². The summed E-state index contributed by atoms with van der Waals surface area (Å²) >= 11 is 0. The fraction of sp³-hybridized carbons (Fsp3) is 0.438. The summed E-state index contributed by atoms with van der Waals surface area (Å²) in [4.78, 5) is 25.9. The molecule has 0 spiro atoms. The van der Waals surface area contributed by atoms with Crippen LogP contribution in [0.4, 0.5) is 13.2 Å². The van der Waals surface area contributed by atoms with Crippen LogP contribution in [-0.2, 0) is 22.3 Å². The summed E-state index contributed by atoms with van der Waals surface area (Å²) in [5.74, 6) is -2.53. The van der Waals surface area contributed by atoms with E-state index in [2.05, 4.69) is 10.3 Å². The molecule has 2 N–H and O–H groups in total. The molecule has 0 saturated heterocycles. The second-order valence-electron chi connectivity index (χ2n) is 5.56. The van der Waals surface area contributed by atoms with Gasteiger partial charge in [-0.1, -0.05) is 18.6 Å². The van der Waals surface area contributed by atoms with Gasteiger partial charge in [0, 0.05) is 13.0 Å². The van der Waals surface area contributed by atoms with Crippen molar-refractivity contribution >= 4 is 22.9 Å². The van der Waals surface area contributed by atoms with Gasteiger partial charge in [0.05, 0.1) is 11.0 Å². The Labute approximate surface area is 141 Å². The standard InChI is InChI=1S/C16H18F3N3O3/c17-16(18,19)15-21-11-6-3-4-7-12(11)22(15)10-13(23)20-9-5-1-2-8-14(24)25/h3-4,6-7H,1-2,5,8-10H2,(H,20,23)(H,24,25). The van der Waals surface area contributed by atoms with E-state index >= 15 is 0 Å². The molecule has 0 aliphatic heterocycles. The Bertz CT molecular complexity index is 756. The Morgan fingerprint density at radius 1 is 1.16 bits per heavy atom. The summed E-state index contributed by atoms with van der Waals surface area (Å²) in [5.41, 5.74) is 0.419. The summed E-state index contributed by atoms with van der Waals surface area (Å²) in [7, 11) is 0. The van der Waals surface area contributed by atoms with Crippen LogP contribution in [0.5, 0.6) is 0 Å². The van der Waals surface area contributed by atoms with E-state index in [0.717, 1.165) is 4.57 Å². The maximum atomic E-state index is 13.1. The van der Waals surface area contributed by atoms with Gasteiger partial charge in [-0.3, -0.25) is 9.59 Å². The van der Waals surface area contributed by atoms with Crippen LogP contribution in [-0.4, -0.2) is 33.1 Å². The molecule has 0 fully saturated rings. The highest BCUT2D eigenvalue weighted by Gasteiger charge is 2.37. The number of fused-ring (bicyclic) bond motifs is 1. The molecule has 0 saturated carbocycles. The number of carboxylic acid groups (broad SMARTS) is 1. The molecule has 2 rings (SSSR count). The average molecular weight is 357 g/mol. The van der Waals surface area contributed by atoms with Gasteiger partial charge in [0.2, 0.25) is 11.7 Å². The lowest BCUT2D eigenvalue weighted by Crippen LogP contribution is -2.30. The van der Waals surface area contributed by atoms with Crippen LogP contribution in [0.1, 0.15) is 31.5 Å². The van der Waals surface area contributed by atoms with E-state index in [1.54, 1.807) is 12.1 Å². The molecule has 1 heterocycles. The van der Waals surface area contributed by atoms with E-state index in [9.17, 15) is 22.8 Å². The summed E-state index contributed by atoms with van der Waals surface area (Å²) in [5, 5.41) is 11.1. The van der Waals surface area contributed by atoms with Crippen molar-refractivity contribution in [3.8, 4) is 0 Å². The molecule has 0 atom stereocenters. The van der Waals surface area contributed by atoms with Crippen molar-refractivity contribution < 1.29 is 27.9 Å². The van der Waals surface area contributed by atoms with Crippen molar-refractivity contribution in [1.29, 1.82) is 0 Å². The van der Waals surface area contributed by atoms with Gasteiger partial charge in [-0.25, -0.2) is 4.98 Å². The van der Waals surface area contributed by atoms with Crippen LogP contribution in [0.15, 0.2) is 24.3 Å². The lowest BCUT2D eigenvalue weighted by molar-refractivity contribution is -0.147. The minimum absolute atomic E-state index is 0.0594. The van der Waals surface area contributed by atoms with E-state index in [1.807, 2.05) is 0 Å². The van der Waals surface area contributed by atoms with E-state index in [0.29, 0.717) is 19.3 Å². The van der Waals surface area contributed by atoms with Crippen LogP contribution in [0.25, 0.3) is 11.0 Å². The topological polar surface area (TPSA) is 84.2 Å². The number of hydrogen-bond donors (Lipinski definition) is 2. The lowest BCUT2D eigenvalue weighted by atomic mass is 10.2. The number of nitrogens with one attached hydrogen (secondary N) is 1. The number of aromatic nitrogens is 2. The molecule has 2 aromatic rings.